The summed E-state index contributed by atoms with van der Waals surface area (Å²) in [7, 11) is 1.59. The Morgan fingerprint density at radius 1 is 1.38 bits per heavy atom. The van der Waals surface area contributed by atoms with E-state index in [1.54, 1.807) is 13.3 Å². The molecule has 1 aromatic carbocycles. The molecule has 1 fully saturated rings. The van der Waals surface area contributed by atoms with E-state index < -0.39 is 0 Å². The van der Waals surface area contributed by atoms with E-state index in [1.807, 2.05) is 32.0 Å². The third kappa shape index (κ3) is 4.49. The minimum atomic E-state index is -0.0502. The van der Waals surface area contributed by atoms with Crippen LogP contribution in [0.25, 0.3) is 0 Å². The van der Waals surface area contributed by atoms with Crippen molar-refractivity contribution < 1.29 is 14.3 Å². The molecule has 0 aliphatic carbocycles. The summed E-state index contributed by atoms with van der Waals surface area (Å²) in [6.45, 7) is 3.91. The van der Waals surface area contributed by atoms with Crippen LogP contribution in [0.4, 0.5) is 0 Å². The SMILES string of the molecule is COc1cc(C=NN=C2NC(=O)CS2)ccc1OC(C)C. The van der Waals surface area contributed by atoms with Gasteiger partial charge in [-0.2, -0.15) is 5.10 Å². The van der Waals surface area contributed by atoms with Crippen LogP contribution < -0.4 is 14.8 Å². The van der Waals surface area contributed by atoms with Crippen molar-refractivity contribution >= 4 is 29.1 Å². The molecular weight excluding hydrogens is 290 g/mol. The van der Waals surface area contributed by atoms with E-state index in [-0.39, 0.29) is 12.0 Å². The molecule has 1 aliphatic heterocycles. The van der Waals surface area contributed by atoms with Crippen LogP contribution in [0.5, 0.6) is 11.5 Å². The van der Waals surface area contributed by atoms with Crippen molar-refractivity contribution in [2.45, 2.75) is 20.0 Å². The van der Waals surface area contributed by atoms with Gasteiger partial charge in [-0.25, -0.2) is 0 Å². The lowest BCUT2D eigenvalue weighted by atomic mass is 10.2. The summed E-state index contributed by atoms with van der Waals surface area (Å²) in [5, 5.41) is 11.0. The molecule has 1 saturated heterocycles. The maximum absolute atomic E-state index is 11.0. The number of carbonyl (C=O) groups excluding carboxylic acids is 1. The van der Waals surface area contributed by atoms with E-state index in [1.165, 1.54) is 11.8 Å². The first-order chi connectivity index (χ1) is 10.1. The summed E-state index contributed by atoms with van der Waals surface area (Å²) in [6, 6.07) is 5.52. The van der Waals surface area contributed by atoms with E-state index in [9.17, 15) is 4.79 Å². The third-order valence-corrected chi connectivity index (χ3v) is 3.36. The number of rotatable bonds is 5. The highest BCUT2D eigenvalue weighted by molar-refractivity contribution is 8.15. The van der Waals surface area contributed by atoms with Gasteiger partial charge < -0.3 is 14.8 Å². The second-order valence-electron chi connectivity index (χ2n) is 4.56. The molecule has 21 heavy (non-hydrogen) atoms. The molecule has 1 heterocycles. The van der Waals surface area contributed by atoms with Gasteiger partial charge in [0.1, 0.15) is 0 Å². The maximum Gasteiger partial charge on any atom is 0.236 e. The summed E-state index contributed by atoms with van der Waals surface area (Å²) in [5.74, 6) is 1.67. The van der Waals surface area contributed by atoms with E-state index in [2.05, 4.69) is 15.5 Å². The zero-order valence-electron chi connectivity index (χ0n) is 12.1. The Kier molecular flexibility index (Phi) is 5.21. The Morgan fingerprint density at radius 3 is 2.81 bits per heavy atom. The van der Waals surface area contributed by atoms with Crippen molar-refractivity contribution in [3.63, 3.8) is 0 Å². The standard InChI is InChI=1S/C14H17N3O3S/c1-9(2)20-11-5-4-10(6-12(11)19-3)7-15-17-14-16-13(18)8-21-14/h4-7,9H,8H2,1-3H3,(H,16,17,18). The number of nitrogens with zero attached hydrogens (tertiary/aromatic N) is 2. The molecule has 0 unspecified atom stereocenters. The molecule has 112 valence electrons. The van der Waals surface area contributed by atoms with E-state index in [0.717, 1.165) is 5.56 Å². The molecule has 0 bridgehead atoms. The van der Waals surface area contributed by atoms with Gasteiger partial charge in [0.15, 0.2) is 16.7 Å². The van der Waals surface area contributed by atoms with Crippen LogP contribution in [-0.4, -0.2) is 36.3 Å². The predicted octanol–water partition coefficient (Wildman–Crippen LogP) is 2.04. The van der Waals surface area contributed by atoms with Gasteiger partial charge in [0.2, 0.25) is 5.91 Å². The minimum Gasteiger partial charge on any atom is -0.493 e. The van der Waals surface area contributed by atoms with Crippen molar-refractivity contribution in [2.75, 3.05) is 12.9 Å². The molecule has 1 aliphatic rings. The van der Waals surface area contributed by atoms with E-state index in [0.29, 0.717) is 22.4 Å². The second-order valence-corrected chi connectivity index (χ2v) is 5.53. The lowest BCUT2D eigenvalue weighted by Gasteiger charge is -2.13. The van der Waals surface area contributed by atoms with Crippen molar-refractivity contribution in [3.8, 4) is 11.5 Å². The molecule has 0 atom stereocenters. The topological polar surface area (TPSA) is 72.3 Å². The Balaban J connectivity index is 2.08. The molecule has 7 heteroatoms. The fourth-order valence-corrected chi connectivity index (χ4v) is 2.27. The van der Waals surface area contributed by atoms with Crippen molar-refractivity contribution in [1.29, 1.82) is 0 Å². The van der Waals surface area contributed by atoms with Crippen LogP contribution in [0.1, 0.15) is 19.4 Å². The lowest BCUT2D eigenvalue weighted by molar-refractivity contribution is -0.116. The Morgan fingerprint density at radius 2 is 2.19 bits per heavy atom. The zero-order chi connectivity index (χ0) is 15.2. The number of amidine groups is 1. The molecule has 0 radical (unpaired) electrons. The first-order valence-electron chi connectivity index (χ1n) is 6.47. The zero-order valence-corrected chi connectivity index (χ0v) is 12.9. The molecule has 0 spiro atoms. The molecule has 1 aromatic rings. The van der Waals surface area contributed by atoms with Crippen molar-refractivity contribution in [1.82, 2.24) is 5.32 Å². The number of hydrogen-bond acceptors (Lipinski definition) is 6. The molecule has 1 amide bonds. The second kappa shape index (κ2) is 7.12. The largest absolute Gasteiger partial charge is 0.493 e. The lowest BCUT2D eigenvalue weighted by Crippen LogP contribution is -2.19. The molecule has 0 saturated carbocycles. The number of thioether (sulfide) groups is 1. The quantitative estimate of drug-likeness (QED) is 0.667. The summed E-state index contributed by atoms with van der Waals surface area (Å²) in [6.07, 6.45) is 1.67. The van der Waals surface area contributed by atoms with Crippen molar-refractivity contribution in [3.05, 3.63) is 23.8 Å². The van der Waals surface area contributed by atoms with Crippen LogP contribution >= 0.6 is 11.8 Å². The van der Waals surface area contributed by atoms with E-state index in [4.69, 9.17) is 9.47 Å². The number of nitrogens with one attached hydrogen (secondary N) is 1. The van der Waals surface area contributed by atoms with Gasteiger partial charge >= 0.3 is 0 Å². The van der Waals surface area contributed by atoms with Crippen LogP contribution in [0, 0.1) is 0 Å². The molecule has 0 aromatic heterocycles. The fraction of sp³-hybridized carbons (Fsp3) is 0.357. The fourth-order valence-electron chi connectivity index (χ4n) is 1.64. The number of methoxy groups -OCH3 is 1. The first kappa shape index (κ1) is 15.4. The molecule has 2 rings (SSSR count). The summed E-state index contributed by atoms with van der Waals surface area (Å²) in [5.41, 5.74) is 0.835. The average Bonchev–Trinajstić information content (AvgIpc) is 2.85. The van der Waals surface area contributed by atoms with Crippen LogP contribution in [-0.2, 0) is 4.79 Å². The number of amides is 1. The summed E-state index contributed by atoms with van der Waals surface area (Å²) in [4.78, 5) is 11.0. The normalized spacial score (nSPS) is 16.8. The smallest absolute Gasteiger partial charge is 0.236 e. The van der Waals surface area contributed by atoms with Gasteiger partial charge in [-0.15, -0.1) is 5.10 Å². The number of benzene rings is 1. The highest BCUT2D eigenvalue weighted by Crippen LogP contribution is 2.28. The third-order valence-electron chi connectivity index (χ3n) is 2.49. The Labute approximate surface area is 127 Å². The Bertz CT molecular complexity index is 585. The van der Waals surface area contributed by atoms with Gasteiger partial charge in [-0.1, -0.05) is 11.8 Å². The van der Waals surface area contributed by atoms with Crippen LogP contribution in [0.15, 0.2) is 28.4 Å². The minimum absolute atomic E-state index is 0.0502. The number of ether oxygens (including phenoxy) is 2. The number of hydrogen-bond donors (Lipinski definition) is 1. The molecule has 1 N–H and O–H groups in total. The highest BCUT2D eigenvalue weighted by Gasteiger charge is 2.15. The van der Waals surface area contributed by atoms with Crippen molar-refractivity contribution in [2.24, 2.45) is 10.2 Å². The summed E-state index contributed by atoms with van der Waals surface area (Å²) < 4.78 is 10.9. The molecular formula is C14H17N3O3S. The van der Waals surface area contributed by atoms with Gasteiger partial charge in [-0.3, -0.25) is 4.79 Å². The van der Waals surface area contributed by atoms with E-state index >= 15 is 0 Å². The van der Waals surface area contributed by atoms with Crippen LogP contribution in [0.2, 0.25) is 0 Å². The summed E-state index contributed by atoms with van der Waals surface area (Å²) >= 11 is 1.33. The van der Waals surface area contributed by atoms with Gasteiger partial charge in [0.25, 0.3) is 0 Å². The number of carbonyl (C=O) groups is 1. The predicted molar refractivity (Wildman–Crippen MR) is 84.4 cm³/mol. The molecule has 6 nitrogen and oxygen atoms in total. The highest BCUT2D eigenvalue weighted by atomic mass is 32.2. The maximum atomic E-state index is 11.0. The monoisotopic (exact) mass is 307 g/mol. The van der Waals surface area contributed by atoms with Gasteiger partial charge in [-0.05, 0) is 37.6 Å². The van der Waals surface area contributed by atoms with Crippen LogP contribution in [0.3, 0.4) is 0 Å². The first-order valence-corrected chi connectivity index (χ1v) is 7.45. The van der Waals surface area contributed by atoms with Gasteiger partial charge in [0, 0.05) is 0 Å². The average molecular weight is 307 g/mol. The van der Waals surface area contributed by atoms with Gasteiger partial charge in [0.05, 0.1) is 25.2 Å². The Hall–Kier alpha value is -2.02.